The molecule has 1 heterocycles. The van der Waals surface area contributed by atoms with E-state index in [1.807, 2.05) is 0 Å². The number of ether oxygens (including phenoxy) is 1. The zero-order valence-electron chi connectivity index (χ0n) is 12.1. The molecule has 0 spiro atoms. The third-order valence-corrected chi connectivity index (χ3v) is 3.38. The van der Waals surface area contributed by atoms with Crippen LogP contribution in [0, 0.1) is 5.92 Å². The van der Waals surface area contributed by atoms with Crippen LogP contribution in [0.15, 0.2) is 24.3 Å². The van der Waals surface area contributed by atoms with Crippen molar-refractivity contribution in [3.05, 3.63) is 24.3 Å². The first-order valence-corrected chi connectivity index (χ1v) is 7.09. The number of methoxy groups -OCH3 is 1. The van der Waals surface area contributed by atoms with Crippen molar-refractivity contribution in [1.29, 1.82) is 0 Å². The van der Waals surface area contributed by atoms with Gasteiger partial charge in [-0.2, -0.15) is 0 Å². The molecule has 1 aromatic carbocycles. The van der Waals surface area contributed by atoms with Gasteiger partial charge >= 0.3 is 0 Å². The smallest absolute Gasteiger partial charge is 0.250 e. The molecule has 0 saturated carbocycles. The van der Waals surface area contributed by atoms with Crippen molar-refractivity contribution in [3.8, 4) is 0 Å². The van der Waals surface area contributed by atoms with Crippen LogP contribution in [0.2, 0.25) is 0 Å². The topological polar surface area (TPSA) is 79.5 Å². The van der Waals surface area contributed by atoms with E-state index in [-0.39, 0.29) is 24.3 Å². The monoisotopic (exact) mass is 291 g/mol. The Bertz CT molecular complexity index is 481. The van der Waals surface area contributed by atoms with Crippen molar-refractivity contribution in [2.75, 3.05) is 37.4 Å². The van der Waals surface area contributed by atoms with Crippen LogP contribution in [0.3, 0.4) is 0 Å². The fraction of sp³-hybridized carbons (Fsp3) is 0.467. The van der Waals surface area contributed by atoms with E-state index in [2.05, 4.69) is 16.0 Å². The molecule has 1 atom stereocenters. The maximum absolute atomic E-state index is 12.1. The van der Waals surface area contributed by atoms with Gasteiger partial charge in [0.05, 0.1) is 5.92 Å². The first kappa shape index (κ1) is 15.5. The number of anilines is 2. The van der Waals surface area contributed by atoms with E-state index in [4.69, 9.17) is 4.74 Å². The lowest BCUT2D eigenvalue weighted by Crippen LogP contribution is -2.37. The Morgan fingerprint density at radius 3 is 2.48 bits per heavy atom. The van der Waals surface area contributed by atoms with Crippen molar-refractivity contribution in [2.45, 2.75) is 12.8 Å². The summed E-state index contributed by atoms with van der Waals surface area (Å²) in [6.45, 7) is 1.74. The van der Waals surface area contributed by atoms with Crippen LogP contribution in [-0.4, -0.2) is 38.6 Å². The number of amides is 2. The second-order valence-electron chi connectivity index (χ2n) is 5.09. The van der Waals surface area contributed by atoms with Gasteiger partial charge in [0.1, 0.15) is 6.61 Å². The van der Waals surface area contributed by atoms with Crippen molar-refractivity contribution >= 4 is 23.2 Å². The highest BCUT2D eigenvalue weighted by atomic mass is 16.5. The second-order valence-corrected chi connectivity index (χ2v) is 5.09. The summed E-state index contributed by atoms with van der Waals surface area (Å²) in [5.74, 6) is -0.138. The van der Waals surface area contributed by atoms with Gasteiger partial charge in [-0.15, -0.1) is 0 Å². The third-order valence-electron chi connectivity index (χ3n) is 3.38. The molecule has 1 aliphatic heterocycles. The SMILES string of the molecule is COCC(=O)Nc1ccc(NC(=O)[C@@H]2CCCNC2)cc1. The van der Waals surface area contributed by atoms with Crippen molar-refractivity contribution in [3.63, 3.8) is 0 Å². The number of carbonyl (C=O) groups excluding carboxylic acids is 2. The lowest BCUT2D eigenvalue weighted by molar-refractivity contribution is -0.120. The molecule has 2 rings (SSSR count). The summed E-state index contributed by atoms with van der Waals surface area (Å²) >= 11 is 0. The number of carbonyl (C=O) groups is 2. The molecule has 114 valence electrons. The minimum atomic E-state index is -0.206. The number of benzene rings is 1. The van der Waals surface area contributed by atoms with Gasteiger partial charge < -0.3 is 20.7 Å². The van der Waals surface area contributed by atoms with E-state index in [1.165, 1.54) is 7.11 Å². The van der Waals surface area contributed by atoms with E-state index < -0.39 is 0 Å². The Kier molecular flexibility index (Phi) is 5.71. The average Bonchev–Trinajstić information content (AvgIpc) is 2.50. The summed E-state index contributed by atoms with van der Waals surface area (Å²) in [5.41, 5.74) is 1.41. The molecular weight excluding hydrogens is 270 g/mol. The lowest BCUT2D eigenvalue weighted by atomic mass is 9.99. The molecule has 21 heavy (non-hydrogen) atoms. The van der Waals surface area contributed by atoms with E-state index in [0.29, 0.717) is 5.69 Å². The van der Waals surface area contributed by atoms with E-state index in [0.717, 1.165) is 31.6 Å². The predicted octanol–water partition coefficient (Wildman–Crippen LogP) is 1.21. The quantitative estimate of drug-likeness (QED) is 0.762. The molecule has 1 aliphatic rings. The Balaban J connectivity index is 1.86. The van der Waals surface area contributed by atoms with Crippen LogP contribution >= 0.6 is 0 Å². The molecule has 0 aromatic heterocycles. The summed E-state index contributed by atoms with van der Waals surface area (Å²) in [6.07, 6.45) is 1.95. The maximum Gasteiger partial charge on any atom is 0.250 e. The van der Waals surface area contributed by atoms with E-state index in [9.17, 15) is 9.59 Å². The Morgan fingerprint density at radius 1 is 1.24 bits per heavy atom. The molecular formula is C15H21N3O3. The molecule has 0 bridgehead atoms. The molecule has 0 unspecified atom stereocenters. The van der Waals surface area contributed by atoms with Crippen LogP contribution in [0.1, 0.15) is 12.8 Å². The lowest BCUT2D eigenvalue weighted by Gasteiger charge is -2.21. The zero-order valence-corrected chi connectivity index (χ0v) is 12.1. The van der Waals surface area contributed by atoms with Crippen molar-refractivity contribution in [2.24, 2.45) is 5.92 Å². The first-order chi connectivity index (χ1) is 10.2. The van der Waals surface area contributed by atoms with Crippen LogP contribution in [-0.2, 0) is 14.3 Å². The van der Waals surface area contributed by atoms with Gasteiger partial charge in [0.2, 0.25) is 11.8 Å². The normalized spacial score (nSPS) is 18.0. The standard InChI is InChI=1S/C15H21N3O3/c1-21-10-14(19)17-12-4-6-13(7-5-12)18-15(20)11-3-2-8-16-9-11/h4-7,11,16H,2-3,8-10H2,1H3,(H,17,19)(H,18,20)/t11-/m1/s1. The molecule has 3 N–H and O–H groups in total. The average molecular weight is 291 g/mol. The molecule has 1 fully saturated rings. The number of hydrogen-bond acceptors (Lipinski definition) is 4. The van der Waals surface area contributed by atoms with Crippen LogP contribution in [0.5, 0.6) is 0 Å². The Morgan fingerprint density at radius 2 is 1.90 bits per heavy atom. The molecule has 0 radical (unpaired) electrons. The van der Waals surface area contributed by atoms with Gasteiger partial charge in [-0.05, 0) is 43.7 Å². The Hall–Kier alpha value is -1.92. The first-order valence-electron chi connectivity index (χ1n) is 7.09. The van der Waals surface area contributed by atoms with Crippen molar-refractivity contribution in [1.82, 2.24) is 5.32 Å². The summed E-state index contributed by atoms with van der Waals surface area (Å²) < 4.78 is 4.74. The van der Waals surface area contributed by atoms with Gasteiger partial charge in [-0.3, -0.25) is 9.59 Å². The molecule has 6 nitrogen and oxygen atoms in total. The molecule has 0 aliphatic carbocycles. The minimum absolute atomic E-state index is 0.0210. The van der Waals surface area contributed by atoms with Gasteiger partial charge in [-0.1, -0.05) is 0 Å². The minimum Gasteiger partial charge on any atom is -0.375 e. The largest absolute Gasteiger partial charge is 0.375 e. The van der Waals surface area contributed by atoms with Crippen LogP contribution in [0.25, 0.3) is 0 Å². The van der Waals surface area contributed by atoms with Gasteiger partial charge in [0.15, 0.2) is 0 Å². The highest BCUT2D eigenvalue weighted by Gasteiger charge is 2.20. The second kappa shape index (κ2) is 7.75. The van der Waals surface area contributed by atoms with E-state index in [1.54, 1.807) is 24.3 Å². The molecule has 2 amide bonds. The van der Waals surface area contributed by atoms with Crippen molar-refractivity contribution < 1.29 is 14.3 Å². The predicted molar refractivity (Wildman–Crippen MR) is 81.2 cm³/mol. The van der Waals surface area contributed by atoms with Gasteiger partial charge in [-0.25, -0.2) is 0 Å². The van der Waals surface area contributed by atoms with Gasteiger partial charge in [0, 0.05) is 25.0 Å². The summed E-state index contributed by atoms with van der Waals surface area (Å²) in [7, 11) is 1.47. The molecule has 1 aromatic rings. The Labute approximate surface area is 124 Å². The third kappa shape index (κ3) is 4.84. The fourth-order valence-corrected chi connectivity index (χ4v) is 2.28. The maximum atomic E-state index is 12.1. The van der Waals surface area contributed by atoms with Crippen LogP contribution in [0.4, 0.5) is 11.4 Å². The molecule has 6 heteroatoms. The number of rotatable bonds is 5. The number of hydrogen-bond donors (Lipinski definition) is 3. The van der Waals surface area contributed by atoms with Crippen LogP contribution < -0.4 is 16.0 Å². The highest BCUT2D eigenvalue weighted by Crippen LogP contribution is 2.16. The summed E-state index contributed by atoms with van der Waals surface area (Å²) in [6, 6.07) is 7.05. The fourth-order valence-electron chi connectivity index (χ4n) is 2.28. The number of nitrogens with one attached hydrogen (secondary N) is 3. The van der Waals surface area contributed by atoms with Gasteiger partial charge in [0.25, 0.3) is 0 Å². The number of piperidine rings is 1. The van der Waals surface area contributed by atoms with E-state index >= 15 is 0 Å². The highest BCUT2D eigenvalue weighted by molar-refractivity contribution is 5.94. The molecule has 1 saturated heterocycles. The summed E-state index contributed by atoms with van der Waals surface area (Å²) in [4.78, 5) is 23.4. The summed E-state index contributed by atoms with van der Waals surface area (Å²) in [5, 5.41) is 8.83. The zero-order chi connectivity index (χ0) is 15.1.